The second kappa shape index (κ2) is 5.67. The van der Waals surface area contributed by atoms with Gasteiger partial charge in [0.15, 0.2) is 0 Å². The molecule has 2 aliphatic heterocycles. The number of piperidine rings is 1. The smallest absolute Gasteiger partial charge is 0.410 e. The van der Waals surface area contributed by atoms with Crippen molar-refractivity contribution in [3.8, 4) is 0 Å². The van der Waals surface area contributed by atoms with E-state index in [1.54, 1.807) is 4.90 Å². The Morgan fingerprint density at radius 1 is 1.16 bits per heavy atom. The summed E-state index contributed by atoms with van der Waals surface area (Å²) in [4.78, 5) is 16.2. The molecule has 0 radical (unpaired) electrons. The van der Waals surface area contributed by atoms with Crippen molar-refractivity contribution < 1.29 is 14.6 Å². The molecule has 1 amide bonds. The lowest BCUT2D eigenvalue weighted by Gasteiger charge is -2.34. The summed E-state index contributed by atoms with van der Waals surface area (Å²) in [6.07, 6.45) is 2.37. The van der Waals surface area contributed by atoms with Crippen molar-refractivity contribution in [3.63, 3.8) is 0 Å². The Bertz CT molecular complexity index is 319. The molecule has 1 atom stereocenters. The van der Waals surface area contributed by atoms with Gasteiger partial charge in [0.1, 0.15) is 5.60 Å². The minimum Gasteiger partial charge on any atom is -0.444 e. The highest BCUT2D eigenvalue weighted by Gasteiger charge is 2.33. The first-order valence-corrected chi connectivity index (χ1v) is 7.25. The van der Waals surface area contributed by atoms with Crippen molar-refractivity contribution in [2.24, 2.45) is 0 Å². The van der Waals surface area contributed by atoms with Crippen molar-refractivity contribution >= 4 is 6.09 Å². The Kier molecular flexibility index (Phi) is 4.36. The molecule has 5 nitrogen and oxygen atoms in total. The molecular formula is C14H26N2O3. The van der Waals surface area contributed by atoms with Crippen LogP contribution in [0.5, 0.6) is 0 Å². The molecule has 0 aromatic heterocycles. The predicted octanol–water partition coefficient (Wildman–Crippen LogP) is 1.45. The fraction of sp³-hybridized carbons (Fsp3) is 0.929. The minimum absolute atomic E-state index is 0.139. The van der Waals surface area contributed by atoms with Gasteiger partial charge >= 0.3 is 6.09 Å². The second-order valence-electron chi connectivity index (χ2n) is 6.64. The number of ether oxygens (including phenoxy) is 1. The van der Waals surface area contributed by atoms with E-state index in [1.165, 1.54) is 0 Å². The summed E-state index contributed by atoms with van der Waals surface area (Å²) >= 11 is 0. The average Bonchev–Trinajstić information content (AvgIpc) is 2.77. The Balaban J connectivity index is 1.81. The number of aliphatic hydroxyl groups excluding tert-OH is 1. The normalized spacial score (nSPS) is 26.7. The quantitative estimate of drug-likeness (QED) is 0.783. The maximum absolute atomic E-state index is 12.0. The fourth-order valence-corrected chi connectivity index (χ4v) is 2.78. The largest absolute Gasteiger partial charge is 0.444 e. The molecule has 2 aliphatic rings. The first kappa shape index (κ1) is 14.6. The summed E-state index contributed by atoms with van der Waals surface area (Å²) in [5.74, 6) is 0. The van der Waals surface area contributed by atoms with E-state index in [4.69, 9.17) is 4.74 Å². The number of rotatable bonds is 1. The number of amides is 1. The number of carbonyl (C=O) groups is 1. The van der Waals surface area contributed by atoms with Crippen molar-refractivity contribution in [1.29, 1.82) is 0 Å². The summed E-state index contributed by atoms with van der Waals surface area (Å²) in [7, 11) is 0. The van der Waals surface area contributed by atoms with E-state index in [0.29, 0.717) is 6.04 Å². The zero-order valence-electron chi connectivity index (χ0n) is 12.3. The third-order valence-electron chi connectivity index (χ3n) is 3.83. The van der Waals surface area contributed by atoms with Crippen molar-refractivity contribution in [1.82, 2.24) is 9.80 Å². The third-order valence-corrected chi connectivity index (χ3v) is 3.83. The van der Waals surface area contributed by atoms with E-state index < -0.39 is 5.60 Å². The zero-order chi connectivity index (χ0) is 14.0. The van der Waals surface area contributed by atoms with Gasteiger partial charge in [0.2, 0.25) is 0 Å². The first-order valence-electron chi connectivity index (χ1n) is 7.25. The van der Waals surface area contributed by atoms with Gasteiger partial charge in [-0.05, 0) is 40.0 Å². The van der Waals surface area contributed by atoms with Crippen LogP contribution < -0.4 is 0 Å². The van der Waals surface area contributed by atoms with E-state index in [9.17, 15) is 9.90 Å². The number of aliphatic hydroxyl groups is 1. The molecule has 110 valence electrons. The van der Waals surface area contributed by atoms with E-state index in [-0.39, 0.29) is 12.2 Å². The first-order chi connectivity index (χ1) is 8.85. The Morgan fingerprint density at radius 2 is 1.79 bits per heavy atom. The van der Waals surface area contributed by atoms with E-state index in [0.717, 1.165) is 45.4 Å². The lowest BCUT2D eigenvalue weighted by Crippen LogP contribution is -2.45. The van der Waals surface area contributed by atoms with E-state index in [2.05, 4.69) is 4.90 Å². The van der Waals surface area contributed by atoms with Crippen LogP contribution in [-0.4, -0.2) is 64.9 Å². The number of nitrogens with zero attached hydrogens (tertiary/aromatic N) is 2. The van der Waals surface area contributed by atoms with Crippen molar-refractivity contribution in [3.05, 3.63) is 0 Å². The lowest BCUT2D eigenvalue weighted by molar-refractivity contribution is 0.0257. The molecular weight excluding hydrogens is 244 g/mol. The third kappa shape index (κ3) is 4.08. The highest BCUT2D eigenvalue weighted by atomic mass is 16.6. The fourth-order valence-electron chi connectivity index (χ4n) is 2.78. The molecule has 0 spiro atoms. The highest BCUT2D eigenvalue weighted by molar-refractivity contribution is 5.68. The Labute approximate surface area is 115 Å². The van der Waals surface area contributed by atoms with Gasteiger partial charge in [-0.25, -0.2) is 4.79 Å². The van der Waals surface area contributed by atoms with Gasteiger partial charge in [0.05, 0.1) is 6.10 Å². The Morgan fingerprint density at radius 3 is 2.37 bits per heavy atom. The molecule has 0 aromatic carbocycles. The molecule has 2 rings (SSSR count). The number of hydrogen-bond donors (Lipinski definition) is 1. The highest BCUT2D eigenvalue weighted by Crippen LogP contribution is 2.22. The van der Waals surface area contributed by atoms with Gasteiger partial charge < -0.3 is 14.7 Å². The van der Waals surface area contributed by atoms with Crippen LogP contribution in [0.4, 0.5) is 4.79 Å². The Hall–Kier alpha value is -0.810. The number of carbonyl (C=O) groups excluding carboxylic acids is 1. The summed E-state index contributed by atoms with van der Waals surface area (Å²) in [5, 5.41) is 9.53. The van der Waals surface area contributed by atoms with Gasteiger partial charge in [-0.15, -0.1) is 0 Å². The molecule has 0 saturated carbocycles. The van der Waals surface area contributed by atoms with Crippen LogP contribution in [0.25, 0.3) is 0 Å². The lowest BCUT2D eigenvalue weighted by atomic mass is 10.1. The van der Waals surface area contributed by atoms with Crippen LogP contribution in [0.1, 0.15) is 40.0 Å². The summed E-state index contributed by atoms with van der Waals surface area (Å²) < 4.78 is 5.40. The zero-order valence-corrected chi connectivity index (χ0v) is 12.3. The summed E-state index contributed by atoms with van der Waals surface area (Å²) in [5.41, 5.74) is -0.426. The SMILES string of the molecule is CC(C)(C)OC(=O)N1CC[C@@H](N2CCC(O)CC2)C1. The standard InChI is InChI=1S/C14H26N2O3/c1-14(2,3)19-13(18)16-7-4-11(10-16)15-8-5-12(17)6-9-15/h11-12,17H,4-10H2,1-3H3/t11-/m1/s1. The molecule has 0 aliphatic carbocycles. The van der Waals surface area contributed by atoms with Gasteiger partial charge in [-0.3, -0.25) is 4.90 Å². The second-order valence-corrected chi connectivity index (χ2v) is 6.64. The molecule has 19 heavy (non-hydrogen) atoms. The summed E-state index contributed by atoms with van der Waals surface area (Å²) in [6, 6.07) is 0.431. The molecule has 0 bridgehead atoms. The van der Waals surface area contributed by atoms with Crippen LogP contribution in [0.2, 0.25) is 0 Å². The van der Waals surface area contributed by atoms with Crippen LogP contribution in [-0.2, 0) is 4.74 Å². The minimum atomic E-state index is -0.426. The van der Waals surface area contributed by atoms with Crippen LogP contribution >= 0.6 is 0 Å². The maximum atomic E-state index is 12.0. The van der Waals surface area contributed by atoms with Crippen LogP contribution in [0, 0.1) is 0 Å². The van der Waals surface area contributed by atoms with Crippen LogP contribution in [0.15, 0.2) is 0 Å². The van der Waals surface area contributed by atoms with Gasteiger partial charge in [0, 0.05) is 32.2 Å². The molecule has 2 fully saturated rings. The molecule has 1 N–H and O–H groups in total. The monoisotopic (exact) mass is 270 g/mol. The van der Waals surface area contributed by atoms with E-state index in [1.807, 2.05) is 20.8 Å². The van der Waals surface area contributed by atoms with Crippen LogP contribution in [0.3, 0.4) is 0 Å². The van der Waals surface area contributed by atoms with E-state index >= 15 is 0 Å². The topological polar surface area (TPSA) is 53.0 Å². The maximum Gasteiger partial charge on any atom is 0.410 e. The number of likely N-dealkylation sites (tertiary alicyclic amines) is 2. The number of hydrogen-bond acceptors (Lipinski definition) is 4. The predicted molar refractivity (Wildman–Crippen MR) is 73.0 cm³/mol. The molecule has 0 aromatic rings. The van der Waals surface area contributed by atoms with Crippen molar-refractivity contribution in [2.75, 3.05) is 26.2 Å². The molecule has 2 saturated heterocycles. The van der Waals surface area contributed by atoms with Crippen molar-refractivity contribution in [2.45, 2.75) is 57.8 Å². The van der Waals surface area contributed by atoms with Gasteiger partial charge in [0.25, 0.3) is 0 Å². The molecule has 5 heteroatoms. The molecule has 0 unspecified atom stereocenters. The summed E-state index contributed by atoms with van der Waals surface area (Å²) in [6.45, 7) is 9.09. The average molecular weight is 270 g/mol. The molecule has 2 heterocycles. The van der Waals surface area contributed by atoms with Gasteiger partial charge in [-0.1, -0.05) is 0 Å². The van der Waals surface area contributed by atoms with Gasteiger partial charge in [-0.2, -0.15) is 0 Å².